The summed E-state index contributed by atoms with van der Waals surface area (Å²) in [7, 11) is 1.68. The van der Waals surface area contributed by atoms with Crippen molar-refractivity contribution in [2.45, 2.75) is 58.0 Å². The van der Waals surface area contributed by atoms with Crippen molar-refractivity contribution in [1.29, 1.82) is 0 Å². The molecule has 32 heavy (non-hydrogen) atoms. The quantitative estimate of drug-likeness (QED) is 0.622. The normalized spacial score (nSPS) is 20.9. The zero-order valence-corrected chi connectivity index (χ0v) is 18.4. The number of carbonyl (C=O) groups excluding carboxylic acids is 1. The molecular formula is C22H29N5O5. The third-order valence-electron chi connectivity index (χ3n) is 5.99. The molecule has 2 unspecified atom stereocenters. The summed E-state index contributed by atoms with van der Waals surface area (Å²) in [6.07, 6.45) is 5.37. The van der Waals surface area contributed by atoms with Gasteiger partial charge in [0.1, 0.15) is 5.75 Å². The van der Waals surface area contributed by atoms with E-state index in [1.54, 1.807) is 13.1 Å². The number of carboxylic acids is 1. The Balaban J connectivity index is 1.46. The summed E-state index contributed by atoms with van der Waals surface area (Å²) in [4.78, 5) is 28.2. The van der Waals surface area contributed by atoms with E-state index >= 15 is 0 Å². The molecule has 0 aliphatic heterocycles. The number of carboxylic acid groups (broad SMARTS) is 1. The summed E-state index contributed by atoms with van der Waals surface area (Å²) in [5, 5.41) is 20.3. The summed E-state index contributed by atoms with van der Waals surface area (Å²) in [6, 6.07) is 3.57. The van der Waals surface area contributed by atoms with Crippen LogP contribution >= 0.6 is 0 Å². The minimum atomic E-state index is -0.760. The van der Waals surface area contributed by atoms with Gasteiger partial charge in [0.15, 0.2) is 11.5 Å². The van der Waals surface area contributed by atoms with Crippen LogP contribution in [0, 0.1) is 18.8 Å². The van der Waals surface area contributed by atoms with Crippen molar-refractivity contribution < 1.29 is 24.2 Å². The average molecular weight is 444 g/mol. The van der Waals surface area contributed by atoms with Crippen LogP contribution in [-0.2, 0) is 16.6 Å². The zero-order valence-electron chi connectivity index (χ0n) is 18.4. The van der Waals surface area contributed by atoms with Crippen molar-refractivity contribution in [2.24, 2.45) is 18.9 Å². The Bertz CT molecular complexity index is 987. The molecule has 0 radical (unpaired) electrons. The zero-order chi connectivity index (χ0) is 22.7. The number of amides is 1. The molecule has 2 atom stereocenters. The van der Waals surface area contributed by atoms with E-state index in [9.17, 15) is 14.7 Å². The van der Waals surface area contributed by atoms with Crippen molar-refractivity contribution >= 4 is 17.9 Å². The van der Waals surface area contributed by atoms with Gasteiger partial charge in [-0.2, -0.15) is 0 Å². The highest BCUT2D eigenvalue weighted by Crippen LogP contribution is 2.31. The second-order valence-electron chi connectivity index (χ2n) is 8.65. The molecule has 0 bridgehead atoms. The molecule has 172 valence electrons. The molecule has 2 aromatic rings. The molecule has 0 spiro atoms. The Morgan fingerprint density at radius 2 is 2.00 bits per heavy atom. The van der Waals surface area contributed by atoms with E-state index in [4.69, 9.17) is 9.47 Å². The second kappa shape index (κ2) is 9.54. The van der Waals surface area contributed by atoms with Crippen LogP contribution in [0.1, 0.15) is 50.6 Å². The van der Waals surface area contributed by atoms with Crippen LogP contribution in [0.3, 0.4) is 0 Å². The molecule has 10 heteroatoms. The molecule has 10 nitrogen and oxygen atoms in total. The predicted molar refractivity (Wildman–Crippen MR) is 115 cm³/mol. The van der Waals surface area contributed by atoms with Crippen LogP contribution in [0.5, 0.6) is 5.75 Å². The molecule has 0 saturated heterocycles. The molecular weight excluding hydrogens is 414 g/mol. The Labute approximate surface area is 186 Å². The average Bonchev–Trinajstić information content (AvgIpc) is 3.55. The number of aliphatic carboxylic acids is 1. The monoisotopic (exact) mass is 443 g/mol. The number of hydrogen-bond donors (Lipinski definition) is 2. The lowest BCUT2D eigenvalue weighted by molar-refractivity contribution is -0.142. The fraction of sp³-hybridized carbons (Fsp3) is 0.591. The second-order valence-corrected chi connectivity index (χ2v) is 8.65. The Hall–Kier alpha value is -3.17. The number of aromatic nitrogens is 4. The largest absolute Gasteiger partial charge is 0.489 e. The van der Waals surface area contributed by atoms with E-state index in [2.05, 4.69) is 20.6 Å². The molecule has 2 heterocycles. The van der Waals surface area contributed by atoms with E-state index in [1.165, 1.54) is 4.68 Å². The first-order valence-corrected chi connectivity index (χ1v) is 11.1. The lowest BCUT2D eigenvalue weighted by Crippen LogP contribution is -2.23. The van der Waals surface area contributed by atoms with Gasteiger partial charge >= 0.3 is 12.1 Å². The van der Waals surface area contributed by atoms with E-state index in [0.29, 0.717) is 54.0 Å². The number of ether oxygens (including phenoxy) is 2. The van der Waals surface area contributed by atoms with Crippen LogP contribution in [0.15, 0.2) is 12.1 Å². The summed E-state index contributed by atoms with van der Waals surface area (Å²) in [5.41, 5.74) is 1.64. The van der Waals surface area contributed by atoms with Crippen molar-refractivity contribution in [1.82, 2.24) is 20.0 Å². The number of anilines is 1. The molecule has 2 N–H and O–H groups in total. The fourth-order valence-electron chi connectivity index (χ4n) is 3.91. The van der Waals surface area contributed by atoms with Gasteiger partial charge in [-0.15, -0.1) is 5.10 Å². The van der Waals surface area contributed by atoms with Crippen molar-refractivity contribution in [3.63, 3.8) is 0 Å². The van der Waals surface area contributed by atoms with E-state index in [-0.39, 0.29) is 12.0 Å². The van der Waals surface area contributed by atoms with Crippen LogP contribution in [0.2, 0.25) is 0 Å². The van der Waals surface area contributed by atoms with Gasteiger partial charge in [0.05, 0.1) is 30.0 Å². The lowest BCUT2D eigenvalue weighted by atomic mass is 9.99. The van der Waals surface area contributed by atoms with E-state index in [1.807, 2.05) is 13.0 Å². The van der Waals surface area contributed by atoms with Crippen LogP contribution in [-0.4, -0.2) is 49.9 Å². The van der Waals surface area contributed by atoms with Crippen molar-refractivity contribution in [3.05, 3.63) is 17.8 Å². The lowest BCUT2D eigenvalue weighted by Gasteiger charge is -2.20. The Morgan fingerprint density at radius 1 is 1.22 bits per heavy atom. The topological polar surface area (TPSA) is 128 Å². The summed E-state index contributed by atoms with van der Waals surface area (Å²) < 4.78 is 12.9. The van der Waals surface area contributed by atoms with Crippen LogP contribution in [0.4, 0.5) is 10.6 Å². The molecule has 2 saturated carbocycles. The molecule has 4 rings (SSSR count). The van der Waals surface area contributed by atoms with E-state index < -0.39 is 12.1 Å². The third-order valence-corrected chi connectivity index (χ3v) is 5.99. The minimum Gasteiger partial charge on any atom is -0.489 e. The maximum absolute atomic E-state index is 12.1. The highest BCUT2D eigenvalue weighted by molar-refractivity contribution is 5.88. The fourth-order valence-corrected chi connectivity index (χ4v) is 3.91. The number of carbonyl (C=O) groups is 2. The first-order valence-electron chi connectivity index (χ1n) is 11.1. The van der Waals surface area contributed by atoms with Gasteiger partial charge in [0, 0.05) is 7.05 Å². The first-order chi connectivity index (χ1) is 15.4. The number of nitrogens with one attached hydrogen (secondary N) is 1. The van der Waals surface area contributed by atoms with Gasteiger partial charge in [-0.1, -0.05) is 11.6 Å². The van der Waals surface area contributed by atoms with Gasteiger partial charge in [-0.25, -0.2) is 14.5 Å². The van der Waals surface area contributed by atoms with Crippen LogP contribution < -0.4 is 10.1 Å². The highest BCUT2D eigenvalue weighted by atomic mass is 16.5. The third kappa shape index (κ3) is 5.35. The highest BCUT2D eigenvalue weighted by Gasteiger charge is 2.27. The van der Waals surface area contributed by atoms with Crippen molar-refractivity contribution in [3.8, 4) is 17.1 Å². The number of hydrogen-bond acceptors (Lipinski definition) is 7. The standard InChI is InChI=1S/C22H29N5O5/c1-13-18(32-16-6-4-3-5-15(11-16)21(28)29)10-9-17(23-13)19-20(27(2)26-25-19)24-22(30)31-12-14-7-8-14/h9-10,14-16H,3-8,11-12H2,1-2H3,(H,24,30)(H,28,29). The molecule has 0 aromatic carbocycles. The van der Waals surface area contributed by atoms with Crippen LogP contribution in [0.25, 0.3) is 11.4 Å². The SMILES string of the molecule is Cc1nc(-c2nnn(C)c2NC(=O)OCC2CC2)ccc1OC1CCCCC(C(=O)O)C1. The number of aryl methyl sites for hydroxylation is 2. The Morgan fingerprint density at radius 3 is 2.72 bits per heavy atom. The number of rotatable bonds is 7. The molecule has 1 amide bonds. The van der Waals surface area contributed by atoms with Gasteiger partial charge in [0.25, 0.3) is 0 Å². The van der Waals surface area contributed by atoms with Gasteiger partial charge in [0.2, 0.25) is 0 Å². The maximum atomic E-state index is 12.1. The number of nitrogens with zero attached hydrogens (tertiary/aromatic N) is 4. The summed E-state index contributed by atoms with van der Waals surface area (Å²) in [5.74, 6) is 0.361. The predicted octanol–water partition coefficient (Wildman–Crippen LogP) is 3.56. The number of pyridine rings is 1. The van der Waals surface area contributed by atoms with Gasteiger partial charge < -0.3 is 14.6 Å². The first kappa shape index (κ1) is 22.0. The maximum Gasteiger partial charge on any atom is 0.412 e. The minimum absolute atomic E-state index is 0.153. The Kier molecular flexibility index (Phi) is 6.57. The van der Waals surface area contributed by atoms with Gasteiger partial charge in [-0.3, -0.25) is 10.1 Å². The van der Waals surface area contributed by atoms with Crippen molar-refractivity contribution in [2.75, 3.05) is 11.9 Å². The summed E-state index contributed by atoms with van der Waals surface area (Å²) >= 11 is 0. The smallest absolute Gasteiger partial charge is 0.412 e. The molecule has 2 fully saturated rings. The molecule has 2 aliphatic rings. The summed E-state index contributed by atoms with van der Waals surface area (Å²) in [6.45, 7) is 2.25. The van der Waals surface area contributed by atoms with Gasteiger partial charge in [-0.05, 0) is 63.5 Å². The van der Waals surface area contributed by atoms with E-state index in [0.717, 1.165) is 32.1 Å². The molecule has 2 aliphatic carbocycles. The molecule has 2 aromatic heterocycles.